The average molecular weight is 294 g/mol. The molecule has 1 aromatic rings. The molecule has 1 aliphatic carbocycles. The number of methoxy groups -OCH3 is 1. The van der Waals surface area contributed by atoms with Crippen LogP contribution in [0.4, 0.5) is 0 Å². The van der Waals surface area contributed by atoms with Crippen molar-refractivity contribution in [1.82, 2.24) is 20.1 Å². The van der Waals surface area contributed by atoms with Crippen molar-refractivity contribution in [1.29, 1.82) is 0 Å². The lowest BCUT2D eigenvalue weighted by atomic mass is 9.73. The lowest BCUT2D eigenvalue weighted by Gasteiger charge is -2.44. The highest BCUT2D eigenvalue weighted by molar-refractivity contribution is 5.02. The summed E-state index contributed by atoms with van der Waals surface area (Å²) in [5.41, 5.74) is -0.0832. The Morgan fingerprint density at radius 2 is 2.29 bits per heavy atom. The molecule has 0 bridgehead atoms. The van der Waals surface area contributed by atoms with Crippen molar-refractivity contribution < 1.29 is 4.74 Å². The maximum atomic E-state index is 6.03. The minimum atomic E-state index is -0.0832. The molecule has 1 aromatic heterocycles. The maximum absolute atomic E-state index is 6.03. The van der Waals surface area contributed by atoms with Crippen LogP contribution in [0.15, 0.2) is 6.33 Å². The van der Waals surface area contributed by atoms with Gasteiger partial charge in [0.1, 0.15) is 12.2 Å². The van der Waals surface area contributed by atoms with E-state index in [4.69, 9.17) is 4.74 Å². The molecule has 1 fully saturated rings. The predicted octanol–water partition coefficient (Wildman–Crippen LogP) is 2.58. The Labute approximate surface area is 128 Å². The zero-order valence-corrected chi connectivity index (χ0v) is 14.1. The molecule has 120 valence electrons. The van der Waals surface area contributed by atoms with Gasteiger partial charge in [0.15, 0.2) is 0 Å². The number of aromatic nitrogens is 3. The molecule has 3 atom stereocenters. The van der Waals surface area contributed by atoms with Crippen LogP contribution in [0, 0.1) is 5.92 Å². The van der Waals surface area contributed by atoms with E-state index >= 15 is 0 Å². The quantitative estimate of drug-likeness (QED) is 0.876. The fourth-order valence-electron chi connectivity index (χ4n) is 3.77. The van der Waals surface area contributed by atoms with E-state index < -0.39 is 0 Å². The van der Waals surface area contributed by atoms with Gasteiger partial charge >= 0.3 is 0 Å². The largest absolute Gasteiger partial charge is 0.377 e. The normalized spacial score (nSPS) is 28.0. The Balaban J connectivity index is 2.19. The zero-order valence-electron chi connectivity index (χ0n) is 14.1. The first kappa shape index (κ1) is 16.4. The van der Waals surface area contributed by atoms with Gasteiger partial charge in [-0.25, -0.2) is 9.67 Å². The minimum Gasteiger partial charge on any atom is -0.377 e. The van der Waals surface area contributed by atoms with Gasteiger partial charge in [0.2, 0.25) is 0 Å². The van der Waals surface area contributed by atoms with Crippen LogP contribution in [-0.2, 0) is 11.2 Å². The van der Waals surface area contributed by atoms with Crippen LogP contribution in [0.25, 0.3) is 0 Å². The molecule has 0 aliphatic heterocycles. The van der Waals surface area contributed by atoms with Crippen molar-refractivity contribution in [2.75, 3.05) is 14.2 Å². The van der Waals surface area contributed by atoms with Crippen molar-refractivity contribution in [2.24, 2.45) is 5.92 Å². The summed E-state index contributed by atoms with van der Waals surface area (Å²) in [6, 6.07) is 0.607. The van der Waals surface area contributed by atoms with Crippen molar-refractivity contribution in [2.45, 2.75) is 70.6 Å². The first-order valence-corrected chi connectivity index (χ1v) is 8.13. The SMILES string of the molecule is CNC(Cc1ncnn1C(C)C)C1(OC)CCCC(C)C1. The molecule has 2 rings (SSSR count). The molecule has 5 heteroatoms. The Morgan fingerprint density at radius 1 is 1.52 bits per heavy atom. The average Bonchev–Trinajstić information content (AvgIpc) is 2.93. The fourth-order valence-corrected chi connectivity index (χ4v) is 3.77. The van der Waals surface area contributed by atoms with Crippen molar-refractivity contribution >= 4 is 0 Å². The summed E-state index contributed by atoms with van der Waals surface area (Å²) in [4.78, 5) is 4.46. The van der Waals surface area contributed by atoms with Crippen LogP contribution in [0.5, 0.6) is 0 Å². The molecule has 5 nitrogen and oxygen atoms in total. The molecular formula is C16H30N4O. The summed E-state index contributed by atoms with van der Waals surface area (Å²) in [6.45, 7) is 6.61. The molecule has 0 radical (unpaired) electrons. The minimum absolute atomic E-state index is 0.0832. The fraction of sp³-hybridized carbons (Fsp3) is 0.875. The molecule has 1 N–H and O–H groups in total. The van der Waals surface area contributed by atoms with E-state index in [1.807, 2.05) is 18.8 Å². The second kappa shape index (κ2) is 6.88. The molecule has 0 spiro atoms. The number of nitrogens with zero attached hydrogens (tertiary/aromatic N) is 3. The van der Waals surface area contributed by atoms with E-state index in [-0.39, 0.29) is 11.6 Å². The van der Waals surface area contributed by atoms with Crippen LogP contribution < -0.4 is 5.32 Å². The van der Waals surface area contributed by atoms with Crippen LogP contribution in [0.3, 0.4) is 0 Å². The number of likely N-dealkylation sites (N-methyl/N-ethyl adjacent to an activating group) is 1. The molecular weight excluding hydrogens is 264 g/mol. The van der Waals surface area contributed by atoms with Crippen molar-refractivity contribution in [3.63, 3.8) is 0 Å². The topological polar surface area (TPSA) is 52.0 Å². The molecule has 0 aromatic carbocycles. The highest BCUT2D eigenvalue weighted by atomic mass is 16.5. The van der Waals surface area contributed by atoms with E-state index in [1.165, 1.54) is 12.8 Å². The molecule has 21 heavy (non-hydrogen) atoms. The Morgan fingerprint density at radius 3 is 2.86 bits per heavy atom. The summed E-state index contributed by atoms with van der Waals surface area (Å²) in [6.07, 6.45) is 7.30. The van der Waals surface area contributed by atoms with Crippen molar-refractivity contribution in [3.05, 3.63) is 12.2 Å². The third-order valence-electron chi connectivity index (χ3n) is 4.90. The van der Waals surface area contributed by atoms with Crippen LogP contribution in [0.2, 0.25) is 0 Å². The second-order valence-electron chi connectivity index (χ2n) is 6.73. The first-order chi connectivity index (χ1) is 10.0. The molecule has 0 amide bonds. The Kier molecular flexibility index (Phi) is 5.38. The van der Waals surface area contributed by atoms with E-state index in [0.29, 0.717) is 6.04 Å². The number of hydrogen-bond acceptors (Lipinski definition) is 4. The third kappa shape index (κ3) is 3.46. The van der Waals surface area contributed by atoms with E-state index in [2.05, 4.69) is 36.2 Å². The lowest BCUT2D eigenvalue weighted by Crippen LogP contribution is -2.54. The Hall–Kier alpha value is -0.940. The van der Waals surface area contributed by atoms with Gasteiger partial charge in [-0.3, -0.25) is 0 Å². The highest BCUT2D eigenvalue weighted by Crippen LogP contribution is 2.38. The van der Waals surface area contributed by atoms with Gasteiger partial charge in [0.25, 0.3) is 0 Å². The molecule has 1 saturated carbocycles. The van der Waals surface area contributed by atoms with Gasteiger partial charge in [0, 0.05) is 25.6 Å². The number of hydrogen-bond donors (Lipinski definition) is 1. The highest BCUT2D eigenvalue weighted by Gasteiger charge is 2.42. The van der Waals surface area contributed by atoms with Gasteiger partial charge in [-0.05, 0) is 39.7 Å². The lowest BCUT2D eigenvalue weighted by molar-refractivity contribution is -0.0781. The van der Waals surface area contributed by atoms with Gasteiger partial charge in [-0.1, -0.05) is 19.8 Å². The number of rotatable bonds is 6. The number of ether oxygens (including phenoxy) is 1. The summed E-state index contributed by atoms with van der Waals surface area (Å²) >= 11 is 0. The monoisotopic (exact) mass is 294 g/mol. The van der Waals surface area contributed by atoms with Gasteiger partial charge in [-0.2, -0.15) is 5.10 Å². The van der Waals surface area contributed by atoms with Gasteiger partial charge in [0.05, 0.1) is 5.60 Å². The Bertz CT molecular complexity index is 445. The molecule has 1 heterocycles. The van der Waals surface area contributed by atoms with Crippen LogP contribution in [0.1, 0.15) is 58.3 Å². The molecule has 1 aliphatic rings. The van der Waals surface area contributed by atoms with Gasteiger partial charge in [-0.15, -0.1) is 0 Å². The maximum Gasteiger partial charge on any atom is 0.138 e. The zero-order chi connectivity index (χ0) is 15.5. The van der Waals surface area contributed by atoms with E-state index in [1.54, 1.807) is 6.33 Å². The molecule has 0 saturated heterocycles. The third-order valence-corrected chi connectivity index (χ3v) is 4.90. The summed E-state index contributed by atoms with van der Waals surface area (Å²) < 4.78 is 8.05. The first-order valence-electron chi connectivity index (χ1n) is 8.13. The van der Waals surface area contributed by atoms with Gasteiger partial charge < -0.3 is 10.1 Å². The standard InChI is InChI=1S/C16H30N4O/c1-12(2)20-15(18-11-19-20)9-14(17-4)16(21-5)8-6-7-13(3)10-16/h11-14,17H,6-10H2,1-5H3. The van der Waals surface area contributed by atoms with E-state index in [0.717, 1.165) is 31.0 Å². The predicted molar refractivity (Wildman–Crippen MR) is 84.3 cm³/mol. The summed E-state index contributed by atoms with van der Waals surface area (Å²) in [5, 5.41) is 7.83. The number of nitrogens with one attached hydrogen (secondary N) is 1. The summed E-state index contributed by atoms with van der Waals surface area (Å²) in [5.74, 6) is 1.76. The molecule has 3 unspecified atom stereocenters. The second-order valence-corrected chi connectivity index (χ2v) is 6.73. The summed E-state index contributed by atoms with van der Waals surface area (Å²) in [7, 11) is 3.89. The van der Waals surface area contributed by atoms with Crippen LogP contribution >= 0.6 is 0 Å². The van der Waals surface area contributed by atoms with E-state index in [9.17, 15) is 0 Å². The van der Waals surface area contributed by atoms with Crippen LogP contribution in [-0.4, -0.2) is 40.6 Å². The van der Waals surface area contributed by atoms with Crippen molar-refractivity contribution in [3.8, 4) is 0 Å². The smallest absolute Gasteiger partial charge is 0.138 e.